The molecule has 1 atom stereocenters. The molecule has 2 aliphatic rings. The Morgan fingerprint density at radius 3 is 2.36 bits per heavy atom. The summed E-state index contributed by atoms with van der Waals surface area (Å²) in [4.78, 5) is 5.25. The quantitative estimate of drug-likeness (QED) is 0.525. The van der Waals surface area contributed by atoms with Crippen molar-refractivity contribution >= 4 is 0 Å². The molecule has 0 spiro atoms. The SMILES string of the molecule is CCOc1ccc([C@@H](c2nnnn2Cc2ccccc2)N2CCN(C3CCCC3)CC2)cc1. The van der Waals surface area contributed by atoms with Crippen molar-refractivity contribution in [2.75, 3.05) is 32.8 Å². The highest BCUT2D eigenvalue weighted by atomic mass is 16.5. The second-order valence-corrected chi connectivity index (χ2v) is 9.10. The molecule has 0 N–H and O–H groups in total. The molecule has 1 aliphatic heterocycles. The number of piperazine rings is 1. The summed E-state index contributed by atoms with van der Waals surface area (Å²) in [5.41, 5.74) is 2.40. The third kappa shape index (κ3) is 5.09. The van der Waals surface area contributed by atoms with Crippen molar-refractivity contribution < 1.29 is 4.74 Å². The molecule has 1 saturated heterocycles. The van der Waals surface area contributed by atoms with Crippen LogP contribution in [0.15, 0.2) is 54.6 Å². The molecule has 7 nitrogen and oxygen atoms in total. The van der Waals surface area contributed by atoms with Gasteiger partial charge in [-0.05, 0) is 53.5 Å². The Morgan fingerprint density at radius 2 is 1.67 bits per heavy atom. The Labute approximate surface area is 196 Å². The fraction of sp³-hybridized carbons (Fsp3) is 0.500. The first-order valence-corrected chi connectivity index (χ1v) is 12.3. The van der Waals surface area contributed by atoms with Crippen LogP contribution in [0.4, 0.5) is 0 Å². The van der Waals surface area contributed by atoms with Gasteiger partial charge in [-0.1, -0.05) is 55.3 Å². The molecule has 0 bridgehead atoms. The summed E-state index contributed by atoms with van der Waals surface area (Å²) in [6.07, 6.45) is 5.48. The van der Waals surface area contributed by atoms with E-state index in [9.17, 15) is 0 Å². The number of hydrogen-bond donors (Lipinski definition) is 0. The smallest absolute Gasteiger partial charge is 0.173 e. The normalized spacial score (nSPS) is 19.1. The minimum atomic E-state index is 0.0186. The molecule has 33 heavy (non-hydrogen) atoms. The summed E-state index contributed by atoms with van der Waals surface area (Å²) in [6.45, 7) is 7.61. The number of ether oxygens (including phenoxy) is 1. The van der Waals surface area contributed by atoms with Crippen LogP contribution in [0.2, 0.25) is 0 Å². The van der Waals surface area contributed by atoms with Gasteiger partial charge in [0.2, 0.25) is 0 Å². The second-order valence-electron chi connectivity index (χ2n) is 9.10. The van der Waals surface area contributed by atoms with E-state index < -0.39 is 0 Å². The number of rotatable bonds is 8. The zero-order valence-electron chi connectivity index (χ0n) is 19.5. The lowest BCUT2D eigenvalue weighted by Crippen LogP contribution is -2.51. The average molecular weight is 447 g/mol. The van der Waals surface area contributed by atoms with Gasteiger partial charge in [0, 0.05) is 32.2 Å². The van der Waals surface area contributed by atoms with E-state index in [1.54, 1.807) is 0 Å². The first-order chi connectivity index (χ1) is 16.3. The van der Waals surface area contributed by atoms with Gasteiger partial charge in [0.05, 0.1) is 19.2 Å². The monoisotopic (exact) mass is 446 g/mol. The topological polar surface area (TPSA) is 59.3 Å². The lowest BCUT2D eigenvalue weighted by Gasteiger charge is -2.41. The predicted octanol–water partition coefficient (Wildman–Crippen LogP) is 3.77. The van der Waals surface area contributed by atoms with Crippen molar-refractivity contribution in [3.63, 3.8) is 0 Å². The van der Waals surface area contributed by atoms with Crippen LogP contribution >= 0.6 is 0 Å². The van der Waals surface area contributed by atoms with Crippen molar-refractivity contribution in [1.82, 2.24) is 30.0 Å². The summed E-state index contributed by atoms with van der Waals surface area (Å²) < 4.78 is 7.64. The van der Waals surface area contributed by atoms with Crippen LogP contribution < -0.4 is 4.74 Å². The zero-order chi connectivity index (χ0) is 22.5. The van der Waals surface area contributed by atoms with Gasteiger partial charge in [-0.25, -0.2) is 4.68 Å². The summed E-state index contributed by atoms with van der Waals surface area (Å²) >= 11 is 0. The lowest BCUT2D eigenvalue weighted by atomic mass is 10.0. The summed E-state index contributed by atoms with van der Waals surface area (Å²) in [5, 5.41) is 13.0. The van der Waals surface area contributed by atoms with Crippen LogP contribution in [0.1, 0.15) is 55.6 Å². The molecule has 3 aromatic rings. The maximum absolute atomic E-state index is 5.68. The van der Waals surface area contributed by atoms with Gasteiger partial charge in [-0.15, -0.1) is 5.10 Å². The van der Waals surface area contributed by atoms with Crippen molar-refractivity contribution in [2.45, 2.75) is 51.2 Å². The zero-order valence-corrected chi connectivity index (χ0v) is 19.5. The van der Waals surface area contributed by atoms with Gasteiger partial charge in [0.15, 0.2) is 5.82 Å². The van der Waals surface area contributed by atoms with Crippen LogP contribution in [0.5, 0.6) is 5.75 Å². The fourth-order valence-corrected chi connectivity index (χ4v) is 5.34. The molecule has 1 saturated carbocycles. The van der Waals surface area contributed by atoms with Crippen LogP contribution in [-0.4, -0.2) is 68.8 Å². The van der Waals surface area contributed by atoms with Gasteiger partial charge < -0.3 is 4.74 Å². The van der Waals surface area contributed by atoms with Gasteiger partial charge >= 0.3 is 0 Å². The highest BCUT2D eigenvalue weighted by Gasteiger charge is 2.33. The van der Waals surface area contributed by atoms with E-state index in [-0.39, 0.29) is 6.04 Å². The summed E-state index contributed by atoms with van der Waals surface area (Å²) in [7, 11) is 0. The molecular weight excluding hydrogens is 412 g/mol. The van der Waals surface area contributed by atoms with Crippen LogP contribution in [0.3, 0.4) is 0 Å². The Hall–Kier alpha value is -2.77. The molecule has 2 fully saturated rings. The van der Waals surface area contributed by atoms with E-state index in [4.69, 9.17) is 4.74 Å². The van der Waals surface area contributed by atoms with Gasteiger partial charge in [0.1, 0.15) is 5.75 Å². The van der Waals surface area contributed by atoms with Gasteiger partial charge in [-0.2, -0.15) is 0 Å². The lowest BCUT2D eigenvalue weighted by molar-refractivity contribution is 0.0771. The fourth-order valence-electron chi connectivity index (χ4n) is 5.34. The Morgan fingerprint density at radius 1 is 0.939 bits per heavy atom. The van der Waals surface area contributed by atoms with E-state index in [1.165, 1.54) is 36.8 Å². The minimum Gasteiger partial charge on any atom is -0.494 e. The maximum Gasteiger partial charge on any atom is 0.173 e. The van der Waals surface area contributed by atoms with Crippen LogP contribution in [-0.2, 0) is 6.54 Å². The van der Waals surface area contributed by atoms with Crippen LogP contribution in [0.25, 0.3) is 0 Å². The first-order valence-electron chi connectivity index (χ1n) is 12.3. The highest BCUT2D eigenvalue weighted by molar-refractivity contribution is 5.32. The largest absolute Gasteiger partial charge is 0.494 e. The molecule has 174 valence electrons. The molecule has 0 unspecified atom stereocenters. The van der Waals surface area contributed by atoms with Gasteiger partial charge in [0.25, 0.3) is 0 Å². The first kappa shape index (κ1) is 22.0. The minimum absolute atomic E-state index is 0.0186. The summed E-state index contributed by atoms with van der Waals surface area (Å²) in [5.74, 6) is 1.80. The van der Waals surface area contributed by atoms with E-state index in [2.05, 4.69) is 73.9 Å². The second kappa shape index (κ2) is 10.4. The molecule has 7 heteroatoms. The van der Waals surface area contributed by atoms with E-state index in [0.29, 0.717) is 13.2 Å². The average Bonchev–Trinajstić information content (AvgIpc) is 3.55. The molecule has 0 radical (unpaired) electrons. The van der Waals surface area contributed by atoms with E-state index in [0.717, 1.165) is 43.8 Å². The third-order valence-electron chi connectivity index (χ3n) is 7.04. The van der Waals surface area contributed by atoms with Crippen molar-refractivity contribution in [2.24, 2.45) is 0 Å². The number of tetrazole rings is 1. The van der Waals surface area contributed by atoms with E-state index >= 15 is 0 Å². The predicted molar refractivity (Wildman–Crippen MR) is 128 cm³/mol. The number of benzene rings is 2. The standard InChI is InChI=1S/C26H34N6O/c1-2-33-24-14-12-22(13-15-24)25(31-18-16-30(17-19-31)23-10-6-7-11-23)26-27-28-29-32(26)20-21-8-4-3-5-9-21/h3-5,8-9,12-15,23,25H,2,6-7,10-11,16-20H2,1H3/t25-/m0/s1. The van der Waals surface area contributed by atoms with E-state index in [1.807, 2.05) is 17.7 Å². The number of nitrogens with zero attached hydrogens (tertiary/aromatic N) is 6. The van der Waals surface area contributed by atoms with Crippen LogP contribution in [0, 0.1) is 0 Å². The molecule has 2 aromatic carbocycles. The molecule has 5 rings (SSSR count). The summed E-state index contributed by atoms with van der Waals surface area (Å²) in [6, 6.07) is 19.7. The Kier molecular flexibility index (Phi) is 6.98. The Balaban J connectivity index is 1.41. The molecule has 1 aliphatic carbocycles. The van der Waals surface area contributed by atoms with Gasteiger partial charge in [-0.3, -0.25) is 9.80 Å². The maximum atomic E-state index is 5.68. The molecule has 0 amide bonds. The number of aromatic nitrogens is 4. The van der Waals surface area contributed by atoms with Crippen molar-refractivity contribution in [1.29, 1.82) is 0 Å². The molecule has 1 aromatic heterocycles. The molecular formula is C26H34N6O. The Bertz CT molecular complexity index is 991. The van der Waals surface area contributed by atoms with Crippen molar-refractivity contribution in [3.05, 3.63) is 71.5 Å². The van der Waals surface area contributed by atoms with Crippen molar-refractivity contribution in [3.8, 4) is 5.75 Å². The molecule has 2 heterocycles. The highest BCUT2D eigenvalue weighted by Crippen LogP contribution is 2.31. The number of hydrogen-bond acceptors (Lipinski definition) is 6. The third-order valence-corrected chi connectivity index (χ3v) is 7.04.